The number of rotatable bonds is 3. The van der Waals surface area contributed by atoms with E-state index in [4.69, 9.17) is 0 Å². The van der Waals surface area contributed by atoms with Gasteiger partial charge in [-0.15, -0.1) is 19.0 Å². The number of nitrogens with one attached hydrogen (secondary N) is 1. The molecule has 17 heavy (non-hydrogen) atoms. The summed E-state index contributed by atoms with van der Waals surface area (Å²) in [6.07, 6.45) is 1.73. The van der Waals surface area contributed by atoms with Crippen molar-refractivity contribution in [3.63, 3.8) is 0 Å². The second-order valence-electron chi connectivity index (χ2n) is 4.06. The first-order valence-corrected chi connectivity index (χ1v) is 5.41. The molecule has 1 aliphatic rings. The molecule has 3 nitrogen and oxygen atoms in total. The van der Waals surface area contributed by atoms with Crippen LogP contribution in [0.4, 0.5) is 0 Å². The predicted octanol–water partition coefficient (Wildman–Crippen LogP) is 1.97. The van der Waals surface area contributed by atoms with Gasteiger partial charge in [-0.1, -0.05) is 12.1 Å². The number of amides is 1. The van der Waals surface area contributed by atoms with E-state index < -0.39 is 0 Å². The van der Waals surface area contributed by atoms with Crippen LogP contribution in [0.15, 0.2) is 30.9 Å². The van der Waals surface area contributed by atoms with Gasteiger partial charge in [0, 0.05) is 32.2 Å². The highest BCUT2D eigenvalue weighted by Gasteiger charge is 2.15. The van der Waals surface area contributed by atoms with Crippen LogP contribution in [0, 0.1) is 0 Å². The quantitative estimate of drug-likeness (QED) is 0.835. The number of carbonyl (C=O) groups excluding carboxylic acids is 1. The van der Waals surface area contributed by atoms with Crippen LogP contribution < -0.4 is 5.32 Å². The summed E-state index contributed by atoms with van der Waals surface area (Å²) in [5, 5.41) is 3.27. The fourth-order valence-electron chi connectivity index (χ4n) is 1.92. The molecular weight excluding hydrogens is 236 g/mol. The number of halogens is 1. The van der Waals surface area contributed by atoms with E-state index in [1.54, 1.807) is 18.0 Å². The summed E-state index contributed by atoms with van der Waals surface area (Å²) in [7, 11) is 1.79. The van der Waals surface area contributed by atoms with Crippen LogP contribution in [0.25, 0.3) is 0 Å². The summed E-state index contributed by atoms with van der Waals surface area (Å²) in [6.45, 7) is 5.98. The average molecular weight is 253 g/mol. The van der Waals surface area contributed by atoms with Crippen molar-refractivity contribution in [2.45, 2.75) is 13.1 Å². The number of carbonyl (C=O) groups is 1. The summed E-state index contributed by atoms with van der Waals surface area (Å²) < 4.78 is 0. The molecule has 0 radical (unpaired) electrons. The van der Waals surface area contributed by atoms with Gasteiger partial charge >= 0.3 is 0 Å². The average Bonchev–Trinajstić information content (AvgIpc) is 2.75. The lowest BCUT2D eigenvalue weighted by atomic mass is 10.1. The second kappa shape index (κ2) is 5.84. The maximum Gasteiger partial charge on any atom is 0.253 e. The van der Waals surface area contributed by atoms with Crippen LogP contribution in [0.3, 0.4) is 0 Å². The summed E-state index contributed by atoms with van der Waals surface area (Å²) in [6, 6.07) is 5.91. The Morgan fingerprint density at radius 3 is 2.88 bits per heavy atom. The number of likely N-dealkylation sites (N-methyl/N-ethyl adjacent to an activating group) is 1. The van der Waals surface area contributed by atoms with Crippen molar-refractivity contribution in [3.8, 4) is 0 Å². The van der Waals surface area contributed by atoms with E-state index in [2.05, 4.69) is 11.9 Å². The largest absolute Gasteiger partial charge is 0.338 e. The molecule has 1 aromatic rings. The fourth-order valence-corrected chi connectivity index (χ4v) is 1.92. The lowest BCUT2D eigenvalue weighted by Crippen LogP contribution is -2.26. The Kier molecular flexibility index (Phi) is 4.73. The van der Waals surface area contributed by atoms with E-state index in [9.17, 15) is 4.79 Å². The first-order valence-electron chi connectivity index (χ1n) is 5.41. The van der Waals surface area contributed by atoms with E-state index in [1.807, 2.05) is 18.2 Å². The van der Waals surface area contributed by atoms with Crippen LogP contribution in [-0.4, -0.2) is 24.4 Å². The standard InChI is InChI=1S/C13H16N2O.ClH/c1-3-6-15(2)13(16)10-4-5-11-8-14-9-12(11)7-10;/h3-5,7,14H,1,6,8-9H2,2H3;1H. The summed E-state index contributed by atoms with van der Waals surface area (Å²) in [5.74, 6) is 0.0506. The van der Waals surface area contributed by atoms with Crippen molar-refractivity contribution in [3.05, 3.63) is 47.5 Å². The summed E-state index contributed by atoms with van der Waals surface area (Å²) in [5.41, 5.74) is 3.28. The van der Waals surface area contributed by atoms with E-state index >= 15 is 0 Å². The van der Waals surface area contributed by atoms with Gasteiger partial charge in [-0.25, -0.2) is 0 Å². The van der Waals surface area contributed by atoms with Gasteiger partial charge in [0.15, 0.2) is 0 Å². The fraction of sp³-hybridized carbons (Fsp3) is 0.308. The van der Waals surface area contributed by atoms with Crippen molar-refractivity contribution < 1.29 is 4.79 Å². The first kappa shape index (κ1) is 13.7. The Balaban J connectivity index is 0.00000144. The molecule has 0 bridgehead atoms. The van der Waals surface area contributed by atoms with E-state index in [0.29, 0.717) is 6.54 Å². The molecule has 92 valence electrons. The number of fused-ring (bicyclic) bond motifs is 1. The Morgan fingerprint density at radius 1 is 1.47 bits per heavy atom. The van der Waals surface area contributed by atoms with Gasteiger partial charge in [-0.3, -0.25) is 4.79 Å². The van der Waals surface area contributed by atoms with Gasteiger partial charge in [0.2, 0.25) is 0 Å². The minimum absolute atomic E-state index is 0. The number of hydrogen-bond donors (Lipinski definition) is 1. The molecule has 0 unspecified atom stereocenters. The molecular formula is C13H17ClN2O. The van der Waals surface area contributed by atoms with E-state index in [-0.39, 0.29) is 18.3 Å². The minimum atomic E-state index is 0. The maximum absolute atomic E-state index is 12.0. The predicted molar refractivity (Wildman–Crippen MR) is 71.4 cm³/mol. The molecule has 1 heterocycles. The Bertz CT molecular complexity index is 431. The van der Waals surface area contributed by atoms with Crippen molar-refractivity contribution in [1.29, 1.82) is 0 Å². The van der Waals surface area contributed by atoms with Crippen LogP contribution in [-0.2, 0) is 13.1 Å². The zero-order valence-electron chi connectivity index (χ0n) is 9.90. The van der Waals surface area contributed by atoms with Crippen molar-refractivity contribution in [2.75, 3.05) is 13.6 Å². The Morgan fingerprint density at radius 2 is 2.18 bits per heavy atom. The highest BCUT2D eigenvalue weighted by atomic mass is 35.5. The molecule has 0 aromatic heterocycles. The molecule has 1 aliphatic heterocycles. The summed E-state index contributed by atoms with van der Waals surface area (Å²) in [4.78, 5) is 13.7. The number of hydrogen-bond acceptors (Lipinski definition) is 2. The van der Waals surface area contributed by atoms with Gasteiger partial charge in [0.1, 0.15) is 0 Å². The van der Waals surface area contributed by atoms with Gasteiger partial charge in [-0.2, -0.15) is 0 Å². The zero-order valence-corrected chi connectivity index (χ0v) is 10.7. The maximum atomic E-state index is 12.0. The van der Waals surface area contributed by atoms with Gasteiger partial charge in [0.25, 0.3) is 5.91 Å². The van der Waals surface area contributed by atoms with E-state index in [1.165, 1.54) is 11.1 Å². The molecule has 0 saturated heterocycles. The third kappa shape index (κ3) is 2.87. The molecule has 0 spiro atoms. The Hall–Kier alpha value is -1.32. The normalized spacial score (nSPS) is 12.5. The first-order chi connectivity index (χ1) is 7.72. The monoisotopic (exact) mass is 252 g/mol. The highest BCUT2D eigenvalue weighted by molar-refractivity contribution is 5.94. The molecule has 0 saturated carbocycles. The van der Waals surface area contributed by atoms with E-state index in [0.717, 1.165) is 18.7 Å². The molecule has 2 rings (SSSR count). The molecule has 1 amide bonds. The minimum Gasteiger partial charge on any atom is -0.338 e. The van der Waals surface area contributed by atoms with Crippen LogP contribution >= 0.6 is 12.4 Å². The Labute approximate surface area is 108 Å². The highest BCUT2D eigenvalue weighted by Crippen LogP contribution is 2.17. The number of nitrogens with zero attached hydrogens (tertiary/aromatic N) is 1. The van der Waals surface area contributed by atoms with Crippen molar-refractivity contribution in [2.24, 2.45) is 0 Å². The third-order valence-electron chi connectivity index (χ3n) is 2.83. The molecule has 0 atom stereocenters. The number of benzene rings is 1. The van der Waals surface area contributed by atoms with Gasteiger partial charge in [0.05, 0.1) is 0 Å². The third-order valence-corrected chi connectivity index (χ3v) is 2.83. The zero-order chi connectivity index (χ0) is 11.5. The van der Waals surface area contributed by atoms with Crippen LogP contribution in [0.2, 0.25) is 0 Å². The lowest BCUT2D eigenvalue weighted by molar-refractivity contribution is 0.0810. The summed E-state index contributed by atoms with van der Waals surface area (Å²) >= 11 is 0. The van der Waals surface area contributed by atoms with Crippen LogP contribution in [0.5, 0.6) is 0 Å². The van der Waals surface area contributed by atoms with Gasteiger partial charge < -0.3 is 10.2 Å². The SMILES string of the molecule is C=CCN(C)C(=O)c1ccc2c(c1)CNC2.Cl. The van der Waals surface area contributed by atoms with Crippen molar-refractivity contribution in [1.82, 2.24) is 10.2 Å². The van der Waals surface area contributed by atoms with Gasteiger partial charge in [-0.05, 0) is 23.3 Å². The smallest absolute Gasteiger partial charge is 0.253 e. The van der Waals surface area contributed by atoms with Crippen LogP contribution in [0.1, 0.15) is 21.5 Å². The molecule has 0 aliphatic carbocycles. The molecule has 1 N–H and O–H groups in total. The lowest BCUT2D eigenvalue weighted by Gasteiger charge is -2.15. The molecule has 0 fully saturated rings. The second-order valence-corrected chi connectivity index (χ2v) is 4.06. The molecule has 1 aromatic carbocycles. The van der Waals surface area contributed by atoms with Crippen molar-refractivity contribution >= 4 is 18.3 Å². The molecule has 4 heteroatoms. The topological polar surface area (TPSA) is 32.3 Å².